The fourth-order valence-corrected chi connectivity index (χ4v) is 0.521. The Balaban J connectivity index is 1.95. The fourth-order valence-electron chi connectivity index (χ4n) is 0.521. The molecular formula is C7H12N2. The molecule has 0 aromatic carbocycles. The molecule has 0 aromatic heterocycles. The van der Waals surface area contributed by atoms with Crippen molar-refractivity contribution < 1.29 is 0 Å². The maximum Gasteiger partial charge on any atom is 0.0507 e. The van der Waals surface area contributed by atoms with E-state index in [1.54, 1.807) is 6.08 Å². The van der Waals surface area contributed by atoms with Gasteiger partial charge in [-0.3, -0.25) is 0 Å². The van der Waals surface area contributed by atoms with E-state index < -0.39 is 0 Å². The van der Waals surface area contributed by atoms with Crippen LogP contribution >= 0.6 is 0 Å². The van der Waals surface area contributed by atoms with E-state index in [4.69, 9.17) is 0 Å². The van der Waals surface area contributed by atoms with E-state index in [9.17, 15) is 0 Å². The Bertz CT molecular complexity index is 114. The maximum absolute atomic E-state index is 3.98. The highest BCUT2D eigenvalue weighted by molar-refractivity contribution is 5.63. The maximum atomic E-state index is 3.98. The first kappa shape index (κ1) is 6.33. The van der Waals surface area contributed by atoms with Crippen molar-refractivity contribution in [2.24, 2.45) is 11.0 Å². The summed E-state index contributed by atoms with van der Waals surface area (Å²) in [6.07, 6.45) is 6.41. The minimum absolute atomic E-state index is 0.766. The van der Waals surface area contributed by atoms with Crippen molar-refractivity contribution in [3.8, 4) is 0 Å². The van der Waals surface area contributed by atoms with E-state index in [2.05, 4.69) is 17.1 Å². The first-order chi connectivity index (χ1) is 4.43. The van der Waals surface area contributed by atoms with Crippen LogP contribution in [0.1, 0.15) is 12.8 Å². The normalized spacial score (nSPS) is 18.2. The molecule has 1 aliphatic carbocycles. The van der Waals surface area contributed by atoms with Gasteiger partial charge < -0.3 is 5.43 Å². The lowest BCUT2D eigenvalue weighted by atomic mass is 10.5. The van der Waals surface area contributed by atoms with Gasteiger partial charge in [-0.2, -0.15) is 5.10 Å². The Morgan fingerprint density at radius 3 is 3.00 bits per heavy atom. The van der Waals surface area contributed by atoms with Crippen LogP contribution in [0.3, 0.4) is 0 Å². The summed E-state index contributed by atoms with van der Waals surface area (Å²) in [6, 6.07) is 0. The van der Waals surface area contributed by atoms with Crippen molar-refractivity contribution in [2.75, 3.05) is 6.54 Å². The largest absolute Gasteiger partial charge is 0.307 e. The predicted molar refractivity (Wildman–Crippen MR) is 39.4 cm³/mol. The second kappa shape index (κ2) is 3.28. The average Bonchev–Trinajstić information content (AvgIpc) is 2.63. The molecule has 0 atom stereocenters. The predicted octanol–water partition coefficient (Wildman–Crippen LogP) is 1.16. The molecule has 1 aliphatic rings. The number of hydrogen-bond acceptors (Lipinski definition) is 2. The van der Waals surface area contributed by atoms with E-state index in [0.29, 0.717) is 0 Å². The van der Waals surface area contributed by atoms with Crippen LogP contribution in [0.25, 0.3) is 0 Å². The second-order valence-corrected chi connectivity index (χ2v) is 2.27. The highest BCUT2D eigenvalue weighted by Gasteiger charge is 2.17. The number of nitrogens with one attached hydrogen (secondary N) is 1. The van der Waals surface area contributed by atoms with Crippen molar-refractivity contribution in [1.29, 1.82) is 0 Å². The molecule has 0 amide bonds. The SMILES string of the molecule is C=CCN/N=C/C1CC1. The zero-order valence-electron chi connectivity index (χ0n) is 5.51. The lowest BCUT2D eigenvalue weighted by molar-refractivity contribution is 0.825. The van der Waals surface area contributed by atoms with Crippen LogP contribution in [0.5, 0.6) is 0 Å². The van der Waals surface area contributed by atoms with Gasteiger partial charge in [-0.1, -0.05) is 6.08 Å². The van der Waals surface area contributed by atoms with E-state index >= 15 is 0 Å². The topological polar surface area (TPSA) is 24.4 Å². The van der Waals surface area contributed by atoms with Crippen LogP contribution in [-0.4, -0.2) is 12.8 Å². The van der Waals surface area contributed by atoms with Crippen LogP contribution in [0.4, 0.5) is 0 Å². The van der Waals surface area contributed by atoms with E-state index in [1.165, 1.54) is 12.8 Å². The Kier molecular flexibility index (Phi) is 2.31. The third kappa shape index (κ3) is 2.90. The zero-order valence-corrected chi connectivity index (χ0v) is 5.51. The van der Waals surface area contributed by atoms with E-state index in [1.807, 2.05) is 6.21 Å². The van der Waals surface area contributed by atoms with Crippen LogP contribution in [0.15, 0.2) is 17.8 Å². The molecule has 9 heavy (non-hydrogen) atoms. The summed E-state index contributed by atoms with van der Waals surface area (Å²) >= 11 is 0. The van der Waals surface area contributed by atoms with Gasteiger partial charge in [0.15, 0.2) is 0 Å². The number of hydrogen-bond donors (Lipinski definition) is 1. The van der Waals surface area contributed by atoms with Crippen LogP contribution in [0.2, 0.25) is 0 Å². The molecule has 1 rings (SSSR count). The lowest BCUT2D eigenvalue weighted by Crippen LogP contribution is -2.04. The summed E-state index contributed by atoms with van der Waals surface area (Å²) in [6.45, 7) is 4.32. The highest BCUT2D eigenvalue weighted by atomic mass is 15.3. The molecule has 1 fully saturated rings. The molecule has 0 aliphatic heterocycles. The number of nitrogens with zero attached hydrogens (tertiary/aromatic N) is 1. The summed E-state index contributed by atoms with van der Waals surface area (Å²) in [7, 11) is 0. The molecule has 1 N–H and O–H groups in total. The van der Waals surface area contributed by atoms with Gasteiger partial charge >= 0.3 is 0 Å². The van der Waals surface area contributed by atoms with Gasteiger partial charge in [-0.05, 0) is 18.8 Å². The second-order valence-electron chi connectivity index (χ2n) is 2.27. The van der Waals surface area contributed by atoms with Crippen molar-refractivity contribution in [2.45, 2.75) is 12.8 Å². The molecule has 0 aromatic rings. The minimum atomic E-state index is 0.766. The molecule has 2 heteroatoms. The van der Waals surface area contributed by atoms with E-state index in [0.717, 1.165) is 12.5 Å². The summed E-state index contributed by atoms with van der Waals surface area (Å²) in [5.41, 5.74) is 2.86. The summed E-state index contributed by atoms with van der Waals surface area (Å²) in [5.74, 6) is 0.766. The molecule has 0 saturated heterocycles. The standard InChI is InChI=1S/C7H12N2/c1-2-5-8-9-6-7-3-4-7/h2,6-8H,1,3-5H2/b9-6+. The molecule has 0 bridgehead atoms. The Labute approximate surface area is 55.6 Å². The summed E-state index contributed by atoms with van der Waals surface area (Å²) in [5, 5.41) is 3.98. The third-order valence-corrected chi connectivity index (χ3v) is 1.23. The smallest absolute Gasteiger partial charge is 0.0507 e. The van der Waals surface area contributed by atoms with Crippen LogP contribution in [0, 0.1) is 5.92 Å². The van der Waals surface area contributed by atoms with Crippen molar-refractivity contribution >= 4 is 6.21 Å². The van der Waals surface area contributed by atoms with Gasteiger partial charge in [0.25, 0.3) is 0 Å². The lowest BCUT2D eigenvalue weighted by Gasteiger charge is -1.89. The number of hydrazone groups is 1. The van der Waals surface area contributed by atoms with Crippen molar-refractivity contribution in [3.63, 3.8) is 0 Å². The summed E-state index contributed by atoms with van der Waals surface area (Å²) < 4.78 is 0. The third-order valence-electron chi connectivity index (χ3n) is 1.23. The Morgan fingerprint density at radius 2 is 2.44 bits per heavy atom. The first-order valence-corrected chi connectivity index (χ1v) is 3.30. The van der Waals surface area contributed by atoms with Gasteiger partial charge in [-0.15, -0.1) is 6.58 Å². The van der Waals surface area contributed by atoms with Gasteiger partial charge in [0.2, 0.25) is 0 Å². The van der Waals surface area contributed by atoms with E-state index in [-0.39, 0.29) is 0 Å². The van der Waals surface area contributed by atoms with Crippen molar-refractivity contribution in [3.05, 3.63) is 12.7 Å². The Hall–Kier alpha value is -0.790. The molecule has 0 unspecified atom stereocenters. The molecule has 0 spiro atoms. The molecule has 50 valence electrons. The molecular weight excluding hydrogens is 112 g/mol. The molecule has 0 heterocycles. The van der Waals surface area contributed by atoms with Gasteiger partial charge in [0.05, 0.1) is 6.54 Å². The van der Waals surface area contributed by atoms with Crippen LogP contribution < -0.4 is 5.43 Å². The molecule has 2 nitrogen and oxygen atoms in total. The molecule has 1 saturated carbocycles. The average molecular weight is 124 g/mol. The molecule has 0 radical (unpaired) electrons. The van der Waals surface area contributed by atoms with Crippen molar-refractivity contribution in [1.82, 2.24) is 5.43 Å². The van der Waals surface area contributed by atoms with Gasteiger partial charge in [-0.25, -0.2) is 0 Å². The van der Waals surface area contributed by atoms with Gasteiger partial charge in [0.1, 0.15) is 0 Å². The van der Waals surface area contributed by atoms with Gasteiger partial charge in [0, 0.05) is 6.21 Å². The monoisotopic (exact) mass is 124 g/mol. The number of rotatable bonds is 4. The van der Waals surface area contributed by atoms with Crippen LogP contribution in [-0.2, 0) is 0 Å². The summed E-state index contributed by atoms with van der Waals surface area (Å²) in [4.78, 5) is 0. The minimum Gasteiger partial charge on any atom is -0.307 e. The highest BCUT2D eigenvalue weighted by Crippen LogP contribution is 2.25. The Morgan fingerprint density at radius 1 is 1.67 bits per heavy atom. The quantitative estimate of drug-likeness (QED) is 0.258. The first-order valence-electron chi connectivity index (χ1n) is 3.30. The zero-order chi connectivity index (χ0) is 6.53. The fraction of sp³-hybridized carbons (Fsp3) is 0.571.